The standard InChI is InChI=1S/C31H37N5O4/c1-5-7-21(12-15-33-6-2)22-8-10-23(11-9-22)30(37)35-29-19-25(13-16-34-29)40-28-18-24-14-17-36(31(38)32-3)26(24)20-27(28)39-4/h8-11,13-14,16-21,33H,5-7,12,15H2,1-4H3,(H,32,38)(H,34,35,37). The molecule has 2 heterocycles. The first-order chi connectivity index (χ1) is 19.5. The second-order valence-electron chi connectivity index (χ2n) is 9.49. The Morgan fingerprint density at radius 1 is 1.00 bits per heavy atom. The third-order valence-corrected chi connectivity index (χ3v) is 6.81. The topological polar surface area (TPSA) is 107 Å². The van der Waals surface area contributed by atoms with Crippen LogP contribution >= 0.6 is 0 Å². The molecule has 9 nitrogen and oxygen atoms in total. The zero-order valence-corrected chi connectivity index (χ0v) is 23.5. The maximum absolute atomic E-state index is 13.0. The van der Waals surface area contributed by atoms with E-state index in [1.807, 2.05) is 30.3 Å². The molecule has 0 fully saturated rings. The Morgan fingerprint density at radius 2 is 1.80 bits per heavy atom. The summed E-state index contributed by atoms with van der Waals surface area (Å²) >= 11 is 0. The van der Waals surface area contributed by atoms with Gasteiger partial charge in [-0.3, -0.25) is 9.36 Å². The van der Waals surface area contributed by atoms with Gasteiger partial charge < -0.3 is 25.4 Å². The molecule has 2 amide bonds. The molecule has 1 unspecified atom stereocenters. The van der Waals surface area contributed by atoms with E-state index in [0.717, 1.165) is 37.7 Å². The highest BCUT2D eigenvalue weighted by molar-refractivity contribution is 6.03. The van der Waals surface area contributed by atoms with E-state index in [1.54, 1.807) is 43.7 Å². The number of amides is 2. The summed E-state index contributed by atoms with van der Waals surface area (Å²) in [6.45, 7) is 6.26. The summed E-state index contributed by atoms with van der Waals surface area (Å²) < 4.78 is 13.1. The number of nitrogens with zero attached hydrogens (tertiary/aromatic N) is 2. The van der Waals surface area contributed by atoms with Crippen LogP contribution in [0.5, 0.6) is 17.2 Å². The summed E-state index contributed by atoms with van der Waals surface area (Å²) in [7, 11) is 3.12. The van der Waals surface area contributed by atoms with Gasteiger partial charge in [0.2, 0.25) is 0 Å². The van der Waals surface area contributed by atoms with Gasteiger partial charge in [0, 0.05) is 42.5 Å². The van der Waals surface area contributed by atoms with Crippen molar-refractivity contribution in [2.45, 2.75) is 39.0 Å². The smallest absolute Gasteiger partial charge is 0.325 e. The van der Waals surface area contributed by atoms with Crippen molar-refractivity contribution in [2.75, 3.05) is 32.6 Å². The summed E-state index contributed by atoms with van der Waals surface area (Å²) in [5.41, 5.74) is 2.50. The molecule has 0 bridgehead atoms. The van der Waals surface area contributed by atoms with E-state index in [2.05, 4.69) is 34.8 Å². The largest absolute Gasteiger partial charge is 0.493 e. The molecule has 0 spiro atoms. The fraction of sp³-hybridized carbons (Fsp3) is 0.323. The van der Waals surface area contributed by atoms with Gasteiger partial charge in [-0.05, 0) is 67.7 Å². The van der Waals surface area contributed by atoms with Crippen molar-refractivity contribution in [3.8, 4) is 17.2 Å². The number of benzene rings is 2. The molecular weight excluding hydrogens is 506 g/mol. The monoisotopic (exact) mass is 543 g/mol. The molecule has 0 aliphatic heterocycles. The van der Waals surface area contributed by atoms with E-state index < -0.39 is 0 Å². The Balaban J connectivity index is 1.46. The van der Waals surface area contributed by atoms with Crippen LogP contribution in [0.3, 0.4) is 0 Å². The number of rotatable bonds is 12. The lowest BCUT2D eigenvalue weighted by molar-refractivity contribution is 0.102. The molecule has 0 radical (unpaired) electrons. The first-order valence-corrected chi connectivity index (χ1v) is 13.6. The molecule has 2 aromatic carbocycles. The van der Waals surface area contributed by atoms with Crippen molar-refractivity contribution < 1.29 is 19.1 Å². The van der Waals surface area contributed by atoms with E-state index in [9.17, 15) is 9.59 Å². The van der Waals surface area contributed by atoms with Gasteiger partial charge in [0.25, 0.3) is 5.91 Å². The van der Waals surface area contributed by atoms with Gasteiger partial charge in [-0.25, -0.2) is 9.78 Å². The molecule has 40 heavy (non-hydrogen) atoms. The highest BCUT2D eigenvalue weighted by Crippen LogP contribution is 2.36. The van der Waals surface area contributed by atoms with Gasteiger partial charge in [-0.2, -0.15) is 0 Å². The second kappa shape index (κ2) is 13.6. The molecule has 1 atom stereocenters. The molecule has 0 saturated heterocycles. The van der Waals surface area contributed by atoms with E-state index in [4.69, 9.17) is 9.47 Å². The minimum absolute atomic E-state index is 0.245. The summed E-state index contributed by atoms with van der Waals surface area (Å²) in [4.78, 5) is 29.4. The van der Waals surface area contributed by atoms with Gasteiger partial charge in [0.05, 0.1) is 12.6 Å². The summed E-state index contributed by atoms with van der Waals surface area (Å²) in [5.74, 6) is 2.00. The highest BCUT2D eigenvalue weighted by atomic mass is 16.5. The lowest BCUT2D eigenvalue weighted by Gasteiger charge is -2.17. The van der Waals surface area contributed by atoms with Crippen LogP contribution in [0.15, 0.2) is 67.0 Å². The van der Waals surface area contributed by atoms with Gasteiger partial charge in [-0.15, -0.1) is 0 Å². The lowest BCUT2D eigenvalue weighted by atomic mass is 9.91. The van der Waals surface area contributed by atoms with Crippen LogP contribution in [0.2, 0.25) is 0 Å². The Bertz CT molecular complexity index is 1450. The van der Waals surface area contributed by atoms with E-state index in [-0.39, 0.29) is 11.9 Å². The minimum atomic E-state index is -0.250. The number of nitrogens with one attached hydrogen (secondary N) is 3. The number of anilines is 1. The predicted molar refractivity (Wildman–Crippen MR) is 158 cm³/mol. The fourth-order valence-corrected chi connectivity index (χ4v) is 4.72. The van der Waals surface area contributed by atoms with Crippen LogP contribution in [0.25, 0.3) is 10.9 Å². The zero-order chi connectivity index (χ0) is 28.5. The van der Waals surface area contributed by atoms with Crippen molar-refractivity contribution in [2.24, 2.45) is 0 Å². The molecule has 0 aliphatic rings. The van der Waals surface area contributed by atoms with Crippen molar-refractivity contribution in [1.82, 2.24) is 20.2 Å². The maximum Gasteiger partial charge on any atom is 0.325 e. The normalized spacial score (nSPS) is 11.7. The third kappa shape index (κ3) is 6.79. The molecule has 4 rings (SSSR count). The van der Waals surface area contributed by atoms with Crippen LogP contribution in [0.1, 0.15) is 54.9 Å². The Kier molecular flexibility index (Phi) is 9.75. The molecule has 210 valence electrons. The molecular formula is C31H37N5O4. The molecule has 0 aliphatic carbocycles. The summed E-state index contributed by atoms with van der Waals surface area (Å²) in [6, 6.07) is 16.3. The van der Waals surface area contributed by atoms with Gasteiger partial charge >= 0.3 is 6.03 Å². The van der Waals surface area contributed by atoms with Crippen molar-refractivity contribution in [1.29, 1.82) is 0 Å². The zero-order valence-electron chi connectivity index (χ0n) is 23.5. The number of carbonyl (C=O) groups is 2. The van der Waals surface area contributed by atoms with Crippen LogP contribution in [-0.4, -0.2) is 48.7 Å². The molecule has 3 N–H and O–H groups in total. The summed E-state index contributed by atoms with van der Waals surface area (Å²) in [5, 5.41) is 9.69. The maximum atomic E-state index is 13.0. The van der Waals surface area contributed by atoms with E-state index in [0.29, 0.717) is 40.1 Å². The molecule has 4 aromatic rings. The van der Waals surface area contributed by atoms with Crippen LogP contribution in [-0.2, 0) is 0 Å². The average Bonchev–Trinajstić information content (AvgIpc) is 3.39. The number of carbonyl (C=O) groups excluding carboxylic acids is 2. The van der Waals surface area contributed by atoms with Crippen LogP contribution < -0.4 is 25.4 Å². The SMILES string of the molecule is CCCC(CCNCC)c1ccc(C(=O)Nc2cc(Oc3cc4ccn(C(=O)NC)c4cc3OC)ccn2)cc1. The van der Waals surface area contributed by atoms with Crippen LogP contribution in [0, 0.1) is 0 Å². The third-order valence-electron chi connectivity index (χ3n) is 6.81. The van der Waals surface area contributed by atoms with Crippen molar-refractivity contribution in [3.05, 3.63) is 78.1 Å². The second-order valence-corrected chi connectivity index (χ2v) is 9.49. The first-order valence-electron chi connectivity index (χ1n) is 13.6. The average molecular weight is 544 g/mol. The quantitative estimate of drug-likeness (QED) is 0.185. The fourth-order valence-electron chi connectivity index (χ4n) is 4.72. The molecule has 0 saturated carbocycles. The van der Waals surface area contributed by atoms with Gasteiger partial charge in [0.15, 0.2) is 11.5 Å². The molecule has 2 aromatic heterocycles. The molecule has 9 heteroatoms. The van der Waals surface area contributed by atoms with Gasteiger partial charge in [0.1, 0.15) is 11.6 Å². The Labute approximate surface area is 234 Å². The number of ether oxygens (including phenoxy) is 2. The van der Waals surface area contributed by atoms with Crippen molar-refractivity contribution >= 4 is 28.7 Å². The first kappa shape index (κ1) is 28.6. The lowest BCUT2D eigenvalue weighted by Crippen LogP contribution is -2.23. The number of fused-ring (bicyclic) bond motifs is 1. The number of hydrogen-bond acceptors (Lipinski definition) is 6. The van der Waals surface area contributed by atoms with Gasteiger partial charge in [-0.1, -0.05) is 32.4 Å². The highest BCUT2D eigenvalue weighted by Gasteiger charge is 2.15. The Hall–Kier alpha value is -4.37. The van der Waals surface area contributed by atoms with Crippen LogP contribution in [0.4, 0.5) is 10.6 Å². The predicted octanol–water partition coefficient (Wildman–Crippen LogP) is 6.16. The number of hydrogen-bond donors (Lipinski definition) is 3. The Morgan fingerprint density at radius 3 is 2.50 bits per heavy atom. The minimum Gasteiger partial charge on any atom is -0.493 e. The van der Waals surface area contributed by atoms with E-state index in [1.165, 1.54) is 17.2 Å². The number of pyridine rings is 1. The van der Waals surface area contributed by atoms with Crippen molar-refractivity contribution in [3.63, 3.8) is 0 Å². The number of methoxy groups -OCH3 is 1. The summed E-state index contributed by atoms with van der Waals surface area (Å²) in [6.07, 6.45) is 6.56. The number of aromatic nitrogens is 2. The van der Waals surface area contributed by atoms with E-state index >= 15 is 0 Å².